The zero-order valence-corrected chi connectivity index (χ0v) is 13.5. The summed E-state index contributed by atoms with van der Waals surface area (Å²) in [6.07, 6.45) is 1.71. The molecule has 1 aromatic carbocycles. The van der Waals surface area contributed by atoms with Gasteiger partial charge in [-0.05, 0) is 42.0 Å². The number of benzene rings is 1. The summed E-state index contributed by atoms with van der Waals surface area (Å²) in [4.78, 5) is 27.3. The molecule has 0 saturated carbocycles. The molecular formula is C18H18FNO2S. The van der Waals surface area contributed by atoms with Crippen LogP contribution in [-0.4, -0.2) is 29.7 Å². The van der Waals surface area contributed by atoms with E-state index in [4.69, 9.17) is 0 Å². The molecule has 0 radical (unpaired) electrons. The zero-order chi connectivity index (χ0) is 16.2. The van der Waals surface area contributed by atoms with E-state index < -0.39 is 0 Å². The number of amides is 1. The molecule has 1 aliphatic rings. The van der Waals surface area contributed by atoms with Gasteiger partial charge >= 0.3 is 0 Å². The van der Waals surface area contributed by atoms with E-state index in [2.05, 4.69) is 0 Å². The predicted octanol–water partition coefficient (Wildman–Crippen LogP) is 3.55. The number of carbonyl (C=O) groups excluding carboxylic acids is 2. The normalized spacial score (nSPS) is 15.6. The minimum atomic E-state index is -0.297. The lowest BCUT2D eigenvalue weighted by molar-refractivity contribution is -0.131. The number of likely N-dealkylation sites (tertiary alicyclic amines) is 1. The second-order valence-corrected chi connectivity index (χ2v) is 6.75. The highest BCUT2D eigenvalue weighted by Gasteiger charge is 2.28. The van der Waals surface area contributed by atoms with Gasteiger partial charge in [0.05, 0.1) is 11.3 Å². The first-order chi connectivity index (χ1) is 11.1. The van der Waals surface area contributed by atoms with Crippen molar-refractivity contribution in [2.24, 2.45) is 5.92 Å². The van der Waals surface area contributed by atoms with Crippen LogP contribution in [0.25, 0.3) is 0 Å². The van der Waals surface area contributed by atoms with Crippen LogP contribution in [0.3, 0.4) is 0 Å². The summed E-state index contributed by atoms with van der Waals surface area (Å²) >= 11 is 1.47. The molecule has 1 aliphatic heterocycles. The lowest BCUT2D eigenvalue weighted by Gasteiger charge is -2.31. The summed E-state index contributed by atoms with van der Waals surface area (Å²) in [6, 6.07) is 9.77. The summed E-state index contributed by atoms with van der Waals surface area (Å²) in [6.45, 7) is 1.23. The number of halogens is 1. The van der Waals surface area contributed by atoms with Crippen molar-refractivity contribution < 1.29 is 14.0 Å². The van der Waals surface area contributed by atoms with E-state index in [-0.39, 0.29) is 29.8 Å². The Morgan fingerprint density at radius 1 is 1.13 bits per heavy atom. The lowest BCUT2D eigenvalue weighted by Crippen LogP contribution is -2.40. The third-order valence-electron chi connectivity index (χ3n) is 4.25. The number of hydrogen-bond acceptors (Lipinski definition) is 3. The number of rotatable bonds is 4. The van der Waals surface area contributed by atoms with Crippen molar-refractivity contribution in [1.29, 1.82) is 0 Å². The highest BCUT2D eigenvalue weighted by Crippen LogP contribution is 2.24. The van der Waals surface area contributed by atoms with Crippen molar-refractivity contribution in [3.63, 3.8) is 0 Å². The first-order valence-corrected chi connectivity index (χ1v) is 8.61. The van der Waals surface area contributed by atoms with Gasteiger partial charge in [0.15, 0.2) is 5.78 Å². The standard InChI is InChI=1S/C18H18FNO2S/c19-15-5-3-13(4-6-15)12-17(21)20-9-7-14(8-10-20)18(22)16-2-1-11-23-16/h1-6,11,14H,7-10,12H2. The van der Waals surface area contributed by atoms with Crippen LogP contribution >= 0.6 is 11.3 Å². The topological polar surface area (TPSA) is 37.4 Å². The molecule has 1 fully saturated rings. The Balaban J connectivity index is 1.53. The van der Waals surface area contributed by atoms with Gasteiger partial charge in [0.25, 0.3) is 0 Å². The monoisotopic (exact) mass is 331 g/mol. The summed E-state index contributed by atoms with van der Waals surface area (Å²) in [5.74, 6) is -0.0399. The van der Waals surface area contributed by atoms with E-state index in [1.54, 1.807) is 12.1 Å². The van der Waals surface area contributed by atoms with E-state index >= 15 is 0 Å². The second kappa shape index (κ2) is 7.04. The van der Waals surface area contributed by atoms with Gasteiger partial charge < -0.3 is 4.90 Å². The van der Waals surface area contributed by atoms with Gasteiger partial charge in [0.1, 0.15) is 5.82 Å². The van der Waals surface area contributed by atoms with Gasteiger partial charge in [-0.1, -0.05) is 18.2 Å². The summed E-state index contributed by atoms with van der Waals surface area (Å²) in [5.41, 5.74) is 0.813. The summed E-state index contributed by atoms with van der Waals surface area (Å²) in [7, 11) is 0. The van der Waals surface area contributed by atoms with E-state index in [0.717, 1.165) is 10.4 Å². The molecular weight excluding hydrogens is 313 g/mol. The van der Waals surface area contributed by atoms with E-state index in [1.807, 2.05) is 22.4 Å². The maximum atomic E-state index is 12.9. The van der Waals surface area contributed by atoms with Crippen LogP contribution < -0.4 is 0 Å². The maximum Gasteiger partial charge on any atom is 0.226 e. The molecule has 0 atom stereocenters. The first kappa shape index (κ1) is 15.9. The van der Waals surface area contributed by atoms with Crippen molar-refractivity contribution in [3.8, 4) is 0 Å². The molecule has 120 valence electrons. The molecule has 3 nitrogen and oxygen atoms in total. The zero-order valence-electron chi connectivity index (χ0n) is 12.7. The minimum absolute atomic E-state index is 0.0171. The molecule has 1 amide bonds. The second-order valence-electron chi connectivity index (χ2n) is 5.80. The van der Waals surface area contributed by atoms with Crippen molar-refractivity contribution in [2.75, 3.05) is 13.1 Å². The number of Topliss-reactive ketones (excluding diaryl/α,β-unsaturated/α-hetero) is 1. The summed E-state index contributed by atoms with van der Waals surface area (Å²) in [5, 5.41) is 1.91. The van der Waals surface area contributed by atoms with Gasteiger partial charge in [-0.25, -0.2) is 4.39 Å². The van der Waals surface area contributed by atoms with Crippen LogP contribution in [0.15, 0.2) is 41.8 Å². The van der Waals surface area contributed by atoms with E-state index in [1.165, 1.54) is 23.5 Å². The number of thiophene rings is 1. The molecule has 0 spiro atoms. The Hall–Kier alpha value is -2.01. The molecule has 5 heteroatoms. The average Bonchev–Trinajstić information content (AvgIpc) is 3.11. The molecule has 1 aromatic heterocycles. The Labute approximate surface area is 138 Å². The maximum absolute atomic E-state index is 12.9. The quantitative estimate of drug-likeness (QED) is 0.804. The predicted molar refractivity (Wildman–Crippen MR) is 88.1 cm³/mol. The molecule has 1 saturated heterocycles. The smallest absolute Gasteiger partial charge is 0.226 e. The molecule has 2 aromatic rings. The number of piperidine rings is 1. The SMILES string of the molecule is O=C(c1cccs1)C1CCN(C(=O)Cc2ccc(F)cc2)CC1. The third kappa shape index (κ3) is 3.85. The van der Waals surface area contributed by atoms with Crippen LogP contribution in [0.1, 0.15) is 28.1 Å². The fraction of sp³-hybridized carbons (Fsp3) is 0.333. The lowest BCUT2D eigenvalue weighted by atomic mass is 9.91. The average molecular weight is 331 g/mol. The van der Waals surface area contributed by atoms with E-state index in [0.29, 0.717) is 25.9 Å². The Morgan fingerprint density at radius 2 is 1.83 bits per heavy atom. The van der Waals surface area contributed by atoms with Gasteiger partial charge in [-0.2, -0.15) is 0 Å². The molecule has 23 heavy (non-hydrogen) atoms. The van der Waals surface area contributed by atoms with Crippen molar-refractivity contribution >= 4 is 23.0 Å². The number of carbonyl (C=O) groups is 2. The van der Waals surface area contributed by atoms with Crippen LogP contribution in [0, 0.1) is 11.7 Å². The Bertz CT molecular complexity index is 674. The molecule has 0 unspecified atom stereocenters. The highest BCUT2D eigenvalue weighted by atomic mass is 32.1. The molecule has 0 bridgehead atoms. The molecule has 0 N–H and O–H groups in total. The molecule has 2 heterocycles. The van der Waals surface area contributed by atoms with Crippen LogP contribution in [-0.2, 0) is 11.2 Å². The fourth-order valence-electron chi connectivity index (χ4n) is 2.90. The minimum Gasteiger partial charge on any atom is -0.342 e. The van der Waals surface area contributed by atoms with Crippen molar-refractivity contribution in [2.45, 2.75) is 19.3 Å². The number of ketones is 1. The highest BCUT2D eigenvalue weighted by molar-refractivity contribution is 7.12. The third-order valence-corrected chi connectivity index (χ3v) is 5.14. The van der Waals surface area contributed by atoms with Crippen LogP contribution in [0.2, 0.25) is 0 Å². The van der Waals surface area contributed by atoms with Crippen LogP contribution in [0.4, 0.5) is 4.39 Å². The molecule has 0 aliphatic carbocycles. The van der Waals surface area contributed by atoms with Gasteiger partial charge in [-0.3, -0.25) is 9.59 Å². The molecule has 3 rings (SSSR count). The summed E-state index contributed by atoms with van der Waals surface area (Å²) < 4.78 is 12.9. The Kier molecular flexibility index (Phi) is 4.86. The fourth-order valence-corrected chi connectivity index (χ4v) is 3.64. The van der Waals surface area contributed by atoms with Crippen molar-refractivity contribution in [3.05, 3.63) is 58.0 Å². The van der Waals surface area contributed by atoms with Gasteiger partial charge in [-0.15, -0.1) is 11.3 Å². The van der Waals surface area contributed by atoms with Gasteiger partial charge in [0.2, 0.25) is 5.91 Å². The number of hydrogen-bond donors (Lipinski definition) is 0. The van der Waals surface area contributed by atoms with Gasteiger partial charge in [0, 0.05) is 19.0 Å². The first-order valence-electron chi connectivity index (χ1n) is 7.73. The van der Waals surface area contributed by atoms with Crippen molar-refractivity contribution in [1.82, 2.24) is 4.90 Å². The van der Waals surface area contributed by atoms with E-state index in [9.17, 15) is 14.0 Å². The Morgan fingerprint density at radius 3 is 2.43 bits per heavy atom. The van der Waals surface area contributed by atoms with Crippen LogP contribution in [0.5, 0.6) is 0 Å². The number of nitrogens with zero attached hydrogens (tertiary/aromatic N) is 1. The largest absolute Gasteiger partial charge is 0.342 e.